The Morgan fingerprint density at radius 3 is 2.28 bits per heavy atom. The molecule has 0 saturated heterocycles. The van der Waals surface area contributed by atoms with Gasteiger partial charge in [0.05, 0.1) is 0 Å². The highest BCUT2D eigenvalue weighted by molar-refractivity contribution is 7.99. The first-order valence-electron chi connectivity index (χ1n) is 15.7. The zero-order valence-electron chi connectivity index (χ0n) is 25.7. The Morgan fingerprint density at radius 1 is 0.696 bits per heavy atom. The third-order valence-corrected chi connectivity index (χ3v) is 10.7. The average Bonchev–Trinajstić information content (AvgIpc) is 3.50. The van der Waals surface area contributed by atoms with Crippen LogP contribution in [0.2, 0.25) is 0 Å². The van der Waals surface area contributed by atoms with Crippen LogP contribution in [0.1, 0.15) is 28.0 Å². The van der Waals surface area contributed by atoms with Crippen LogP contribution in [0.3, 0.4) is 0 Å². The Kier molecular flexibility index (Phi) is 9.15. The van der Waals surface area contributed by atoms with Gasteiger partial charge in [-0.25, -0.2) is 0 Å². The fourth-order valence-corrected chi connectivity index (χ4v) is 8.40. The molecule has 1 aliphatic heterocycles. The van der Waals surface area contributed by atoms with Crippen LogP contribution in [0.4, 0.5) is 0 Å². The summed E-state index contributed by atoms with van der Waals surface area (Å²) in [5.41, 5.74) is 11.5. The second kappa shape index (κ2) is 14.1. The van der Waals surface area contributed by atoms with Crippen LogP contribution in [0, 0.1) is 12.3 Å². The summed E-state index contributed by atoms with van der Waals surface area (Å²) in [4.78, 5) is 2.76. The number of rotatable bonds is 7. The first kappa shape index (κ1) is 29.9. The number of thioether (sulfide) groups is 1. The van der Waals surface area contributed by atoms with Crippen LogP contribution in [0.25, 0.3) is 49.5 Å². The summed E-state index contributed by atoms with van der Waals surface area (Å²) in [6.07, 6.45) is 21.1. The lowest BCUT2D eigenvalue weighted by Crippen LogP contribution is -1.91. The number of allylic oxidation sites excluding steroid dienone is 4. The van der Waals surface area contributed by atoms with Crippen LogP contribution in [-0.4, -0.2) is 5.75 Å². The Balaban J connectivity index is 1.14. The van der Waals surface area contributed by atoms with Crippen LogP contribution in [0.15, 0.2) is 151 Å². The van der Waals surface area contributed by atoms with Gasteiger partial charge in [0.25, 0.3) is 0 Å². The number of hydrogen-bond donors (Lipinski definition) is 0. The maximum Gasteiger partial charge on any atom is 0.0352 e. The van der Waals surface area contributed by atoms with Crippen LogP contribution < -0.4 is 0 Å². The van der Waals surface area contributed by atoms with Gasteiger partial charge >= 0.3 is 0 Å². The van der Waals surface area contributed by atoms with E-state index in [9.17, 15) is 0 Å². The molecule has 5 aromatic carbocycles. The zero-order valence-corrected chi connectivity index (χ0v) is 27.3. The summed E-state index contributed by atoms with van der Waals surface area (Å²) in [6.45, 7) is 0. The summed E-state index contributed by atoms with van der Waals surface area (Å²) in [6, 6.07) is 42.3. The smallest absolute Gasteiger partial charge is 0.0352 e. The molecule has 2 heterocycles. The molecule has 0 aliphatic carbocycles. The molecule has 2 heteroatoms. The first-order chi connectivity index (χ1) is 22.8. The Bertz CT molecular complexity index is 2130. The van der Waals surface area contributed by atoms with Gasteiger partial charge in [-0.15, -0.1) is 35.4 Å². The van der Waals surface area contributed by atoms with E-state index < -0.39 is 0 Å². The van der Waals surface area contributed by atoms with Gasteiger partial charge in [0, 0.05) is 33.1 Å². The zero-order chi connectivity index (χ0) is 31.1. The van der Waals surface area contributed by atoms with Crippen LogP contribution in [0.5, 0.6) is 0 Å². The lowest BCUT2D eigenvalue weighted by atomic mass is 9.95. The topological polar surface area (TPSA) is 0 Å². The standard InChI is InChI=1S/C44H34S2/c1-2-3-6-20-41-40-21-8-9-23-42(40)46-43(41)30-32-14-11-17-36(29-32)33-24-26-34(27-25-33)37-18-12-19-38(31-37)39-22-13-16-35-15-7-4-5-10-28-45-44(35)39/h1,4-14,16-27,29,31H,3,15,28,30H2/b7-4-,10-5-,20-6-. The minimum atomic E-state index is 0.641. The van der Waals surface area contributed by atoms with Crippen molar-refractivity contribution in [2.45, 2.75) is 24.2 Å². The van der Waals surface area contributed by atoms with E-state index in [1.807, 2.05) is 23.1 Å². The van der Waals surface area contributed by atoms with Crippen molar-refractivity contribution in [3.8, 4) is 45.7 Å². The normalized spacial score (nSPS) is 14.2. The molecular weight excluding hydrogens is 593 g/mol. The largest absolute Gasteiger partial charge is 0.139 e. The highest BCUT2D eigenvalue weighted by Gasteiger charge is 2.13. The van der Waals surface area contributed by atoms with E-state index in [4.69, 9.17) is 6.42 Å². The Labute approximate surface area is 280 Å². The fourth-order valence-electron chi connectivity index (χ4n) is 6.13. The molecule has 1 aliphatic rings. The molecule has 0 fully saturated rings. The quantitative estimate of drug-likeness (QED) is 0.159. The van der Waals surface area contributed by atoms with Gasteiger partial charge in [-0.2, -0.15) is 0 Å². The van der Waals surface area contributed by atoms with Crippen molar-refractivity contribution in [3.05, 3.63) is 167 Å². The second-order valence-electron chi connectivity index (χ2n) is 11.4. The van der Waals surface area contributed by atoms with Crippen LogP contribution >= 0.6 is 23.1 Å². The predicted octanol–water partition coefficient (Wildman–Crippen LogP) is 12.3. The van der Waals surface area contributed by atoms with Crippen molar-refractivity contribution >= 4 is 39.3 Å². The monoisotopic (exact) mass is 626 g/mol. The van der Waals surface area contributed by atoms with Crippen molar-refractivity contribution in [1.29, 1.82) is 0 Å². The minimum absolute atomic E-state index is 0.641. The molecule has 0 nitrogen and oxygen atoms in total. The molecule has 1 aromatic heterocycles. The number of terminal acetylenes is 1. The van der Waals surface area contributed by atoms with E-state index in [2.05, 4.69) is 158 Å². The fraction of sp³-hybridized carbons (Fsp3) is 0.0909. The van der Waals surface area contributed by atoms with Gasteiger partial charge in [-0.05, 0) is 74.0 Å². The Hall–Kier alpha value is -4.81. The van der Waals surface area contributed by atoms with Crippen LogP contribution in [-0.2, 0) is 12.8 Å². The van der Waals surface area contributed by atoms with E-state index in [1.165, 1.54) is 69.9 Å². The predicted molar refractivity (Wildman–Crippen MR) is 203 cm³/mol. The van der Waals surface area contributed by atoms with Crippen molar-refractivity contribution in [3.63, 3.8) is 0 Å². The number of hydrogen-bond acceptors (Lipinski definition) is 2. The summed E-state index contributed by atoms with van der Waals surface area (Å²) in [7, 11) is 0. The van der Waals surface area contributed by atoms with E-state index >= 15 is 0 Å². The minimum Gasteiger partial charge on any atom is -0.139 e. The van der Waals surface area contributed by atoms with Gasteiger partial charge < -0.3 is 0 Å². The van der Waals surface area contributed by atoms with Crippen molar-refractivity contribution in [2.75, 3.05) is 5.75 Å². The first-order valence-corrected chi connectivity index (χ1v) is 17.5. The molecule has 7 rings (SSSR count). The summed E-state index contributed by atoms with van der Waals surface area (Å²) < 4.78 is 1.32. The number of fused-ring (bicyclic) bond motifs is 2. The molecule has 46 heavy (non-hydrogen) atoms. The highest BCUT2D eigenvalue weighted by atomic mass is 32.2. The highest BCUT2D eigenvalue weighted by Crippen LogP contribution is 2.38. The molecule has 6 aromatic rings. The molecule has 0 bridgehead atoms. The maximum atomic E-state index is 5.52. The van der Waals surface area contributed by atoms with Gasteiger partial charge in [0.1, 0.15) is 0 Å². The molecule has 0 amide bonds. The molecule has 0 saturated carbocycles. The lowest BCUT2D eigenvalue weighted by Gasteiger charge is -2.14. The lowest BCUT2D eigenvalue weighted by molar-refractivity contribution is 1.18. The van der Waals surface area contributed by atoms with Crippen molar-refractivity contribution < 1.29 is 0 Å². The summed E-state index contributed by atoms with van der Waals surface area (Å²) >= 11 is 3.81. The molecule has 0 radical (unpaired) electrons. The molecule has 0 spiro atoms. The molecule has 0 N–H and O–H groups in total. The number of thiophene rings is 1. The SMILES string of the molecule is C#CC/C=C\c1c(Cc2cccc(-c3ccc(-c4cccc(-c5cccc6c5SC/C=C\C=C/C6)c4)cc3)c2)sc2ccccc12. The third-order valence-electron chi connectivity index (χ3n) is 8.39. The van der Waals surface area contributed by atoms with Gasteiger partial charge in [-0.3, -0.25) is 0 Å². The van der Waals surface area contributed by atoms with E-state index in [0.29, 0.717) is 6.42 Å². The molecule has 0 atom stereocenters. The van der Waals surface area contributed by atoms with E-state index in [0.717, 1.165) is 18.6 Å². The third kappa shape index (κ3) is 6.58. The molecule has 222 valence electrons. The maximum absolute atomic E-state index is 5.52. The van der Waals surface area contributed by atoms with E-state index in [1.54, 1.807) is 0 Å². The summed E-state index contributed by atoms with van der Waals surface area (Å²) in [5.74, 6) is 3.70. The van der Waals surface area contributed by atoms with Gasteiger partial charge in [-0.1, -0.05) is 140 Å². The molecular formula is C44H34S2. The Morgan fingerprint density at radius 2 is 1.43 bits per heavy atom. The van der Waals surface area contributed by atoms with Gasteiger partial charge in [0.15, 0.2) is 0 Å². The van der Waals surface area contributed by atoms with Crippen molar-refractivity contribution in [1.82, 2.24) is 0 Å². The van der Waals surface area contributed by atoms with Gasteiger partial charge in [0.2, 0.25) is 0 Å². The average molecular weight is 627 g/mol. The number of benzene rings is 5. The second-order valence-corrected chi connectivity index (χ2v) is 13.6. The van der Waals surface area contributed by atoms with Crippen molar-refractivity contribution in [2.24, 2.45) is 0 Å². The van der Waals surface area contributed by atoms with E-state index in [-0.39, 0.29) is 0 Å². The summed E-state index contributed by atoms with van der Waals surface area (Å²) in [5, 5.41) is 1.30. The molecule has 0 unspecified atom stereocenters.